The molecule has 11 heteroatoms. The van der Waals surface area contributed by atoms with E-state index in [0.29, 0.717) is 13.0 Å². The molecule has 0 radical (unpaired) electrons. The first-order chi connectivity index (χ1) is 18.6. The summed E-state index contributed by atoms with van der Waals surface area (Å²) in [5, 5.41) is 26.9. The minimum Gasteiger partial charge on any atom is -0.481 e. The van der Waals surface area contributed by atoms with Crippen molar-refractivity contribution in [1.29, 1.82) is 0 Å². The number of carboxylic acid groups (broad SMARTS) is 3. The maximum atomic E-state index is 12.9. The van der Waals surface area contributed by atoms with Gasteiger partial charge in [-0.2, -0.15) is 0 Å². The maximum Gasteiger partial charge on any atom is 0.307 e. The molecule has 1 aliphatic rings. The van der Waals surface area contributed by atoms with Crippen molar-refractivity contribution in [3.63, 3.8) is 0 Å². The van der Waals surface area contributed by atoms with Crippen molar-refractivity contribution in [2.45, 2.75) is 51.0 Å². The van der Waals surface area contributed by atoms with Crippen LogP contribution < -0.4 is 4.90 Å². The number of methoxy groups -OCH3 is 1. The highest BCUT2D eigenvalue weighted by molar-refractivity contribution is 7.09. The number of amides is 1. The van der Waals surface area contributed by atoms with Gasteiger partial charge in [0.1, 0.15) is 0 Å². The van der Waals surface area contributed by atoms with E-state index in [1.54, 1.807) is 7.11 Å². The van der Waals surface area contributed by atoms with Gasteiger partial charge in [0.05, 0.1) is 30.9 Å². The van der Waals surface area contributed by atoms with Crippen LogP contribution in [0.15, 0.2) is 47.8 Å². The molecule has 1 aromatic carbocycles. The standard InChI is InChI=1S/C22H30N2O2S.C6H8O6/c1-3-21(25)24(19-8-5-4-6-9-19)22(18-26-2)12-15-23(16-13-22)14-11-20-10-7-17-27-20;7-4(8)1-3(6(11)12)2-5(9)10/h4-10,17H,3,11-16,18H2,1-2H3;3H,1-2H2,(H,7,8)(H,9,10)(H,11,12). The van der Waals surface area contributed by atoms with Gasteiger partial charge in [0, 0.05) is 43.7 Å². The summed E-state index contributed by atoms with van der Waals surface area (Å²) in [7, 11) is 1.74. The summed E-state index contributed by atoms with van der Waals surface area (Å²) in [4.78, 5) is 49.2. The number of benzene rings is 1. The van der Waals surface area contributed by atoms with Gasteiger partial charge in [-0.3, -0.25) is 19.2 Å². The fourth-order valence-electron chi connectivity index (χ4n) is 4.70. The minimum absolute atomic E-state index is 0.172. The zero-order valence-corrected chi connectivity index (χ0v) is 23.3. The van der Waals surface area contributed by atoms with Crippen molar-refractivity contribution in [2.75, 3.05) is 38.3 Å². The molecule has 0 saturated carbocycles. The topological polar surface area (TPSA) is 145 Å². The lowest BCUT2D eigenvalue weighted by atomic mass is 9.85. The number of carboxylic acids is 3. The lowest BCUT2D eigenvalue weighted by molar-refractivity contribution is -0.152. The molecular formula is C28H38N2O8S. The Morgan fingerprint density at radius 1 is 1.00 bits per heavy atom. The number of carbonyl (C=O) groups excluding carboxylic acids is 1. The van der Waals surface area contributed by atoms with Crippen molar-refractivity contribution in [1.82, 2.24) is 4.90 Å². The maximum absolute atomic E-state index is 12.9. The van der Waals surface area contributed by atoms with Gasteiger partial charge in [0.2, 0.25) is 5.91 Å². The van der Waals surface area contributed by atoms with Crippen molar-refractivity contribution in [2.24, 2.45) is 5.92 Å². The SMILES string of the molecule is CCC(=O)N(c1ccccc1)C1(COC)CCN(CCc2cccs2)CC1.O=C(O)CC(CC(=O)O)C(=O)O. The van der Waals surface area contributed by atoms with E-state index in [0.717, 1.165) is 44.6 Å². The molecular weight excluding hydrogens is 524 g/mol. The molecule has 1 aromatic heterocycles. The predicted octanol–water partition coefficient (Wildman–Crippen LogP) is 3.85. The summed E-state index contributed by atoms with van der Waals surface area (Å²) in [6.45, 7) is 5.59. The first kappa shape index (κ1) is 31.9. The van der Waals surface area contributed by atoms with Gasteiger partial charge in [-0.25, -0.2) is 0 Å². The summed E-state index contributed by atoms with van der Waals surface area (Å²) < 4.78 is 5.63. The average molecular weight is 563 g/mol. The molecule has 214 valence electrons. The number of nitrogens with zero attached hydrogens (tertiary/aromatic N) is 2. The molecule has 1 fully saturated rings. The van der Waals surface area contributed by atoms with E-state index in [1.165, 1.54) is 4.88 Å². The van der Waals surface area contributed by atoms with E-state index in [1.807, 2.05) is 53.5 Å². The van der Waals surface area contributed by atoms with Crippen LogP contribution in [0.25, 0.3) is 0 Å². The van der Waals surface area contributed by atoms with Crippen LogP contribution in [0.3, 0.4) is 0 Å². The number of piperidine rings is 1. The normalized spacial score (nSPS) is 14.7. The summed E-state index contributed by atoms with van der Waals surface area (Å²) in [5.41, 5.74) is 0.719. The molecule has 0 unspecified atom stereocenters. The van der Waals surface area contributed by atoms with Crippen molar-refractivity contribution >= 4 is 40.8 Å². The number of rotatable bonds is 13. The van der Waals surface area contributed by atoms with Crippen molar-refractivity contribution in [3.8, 4) is 0 Å². The van der Waals surface area contributed by atoms with Crippen LogP contribution in [0.4, 0.5) is 5.69 Å². The summed E-state index contributed by atoms with van der Waals surface area (Å²) in [6, 6.07) is 14.4. The van der Waals surface area contributed by atoms with E-state index in [9.17, 15) is 19.2 Å². The number of hydrogen-bond acceptors (Lipinski definition) is 7. The van der Waals surface area contributed by atoms with Gasteiger partial charge in [-0.1, -0.05) is 31.2 Å². The Kier molecular flexibility index (Phi) is 13.1. The molecule has 1 aliphatic heterocycles. The number of aliphatic carboxylic acids is 3. The molecule has 10 nitrogen and oxygen atoms in total. The van der Waals surface area contributed by atoms with Gasteiger partial charge in [-0.05, 0) is 42.8 Å². The second kappa shape index (κ2) is 16.0. The monoisotopic (exact) mass is 562 g/mol. The molecule has 39 heavy (non-hydrogen) atoms. The molecule has 0 aliphatic carbocycles. The highest BCUT2D eigenvalue weighted by Gasteiger charge is 2.42. The lowest BCUT2D eigenvalue weighted by Crippen LogP contribution is -2.60. The second-order valence-electron chi connectivity index (χ2n) is 9.48. The highest BCUT2D eigenvalue weighted by atomic mass is 32.1. The molecule has 2 heterocycles. The van der Waals surface area contributed by atoms with E-state index in [2.05, 4.69) is 22.4 Å². The molecule has 0 spiro atoms. The fourth-order valence-corrected chi connectivity index (χ4v) is 5.40. The summed E-state index contributed by atoms with van der Waals surface area (Å²) in [6.07, 6.45) is 2.15. The Morgan fingerprint density at radius 2 is 1.62 bits per heavy atom. The smallest absolute Gasteiger partial charge is 0.307 e. The quantitative estimate of drug-likeness (QED) is 0.331. The lowest BCUT2D eigenvalue weighted by Gasteiger charge is -2.48. The van der Waals surface area contributed by atoms with Gasteiger partial charge in [-0.15, -0.1) is 11.3 Å². The second-order valence-corrected chi connectivity index (χ2v) is 10.5. The first-order valence-electron chi connectivity index (χ1n) is 12.9. The van der Waals surface area contributed by atoms with Gasteiger partial charge >= 0.3 is 17.9 Å². The third-order valence-corrected chi connectivity index (χ3v) is 7.62. The van der Waals surface area contributed by atoms with Crippen LogP contribution >= 0.6 is 11.3 Å². The zero-order chi connectivity index (χ0) is 28.8. The summed E-state index contributed by atoms with van der Waals surface area (Å²) in [5.74, 6) is -5.21. The van der Waals surface area contributed by atoms with Crippen LogP contribution in [-0.4, -0.2) is 82.9 Å². The van der Waals surface area contributed by atoms with E-state index < -0.39 is 36.7 Å². The molecule has 1 amide bonds. The van der Waals surface area contributed by atoms with Crippen LogP contribution in [0, 0.1) is 5.92 Å². The number of thiophene rings is 1. The number of para-hydroxylation sites is 1. The Morgan fingerprint density at radius 3 is 2.08 bits per heavy atom. The first-order valence-corrected chi connectivity index (χ1v) is 13.8. The third kappa shape index (κ3) is 10.1. The molecule has 3 rings (SSSR count). The Bertz CT molecular complexity index is 1040. The van der Waals surface area contributed by atoms with Crippen LogP contribution in [0.5, 0.6) is 0 Å². The molecule has 1 saturated heterocycles. The largest absolute Gasteiger partial charge is 0.481 e. The zero-order valence-electron chi connectivity index (χ0n) is 22.5. The van der Waals surface area contributed by atoms with Crippen molar-refractivity contribution < 1.29 is 39.2 Å². The van der Waals surface area contributed by atoms with Crippen LogP contribution in [0.2, 0.25) is 0 Å². The molecule has 2 aromatic rings. The van der Waals surface area contributed by atoms with Crippen LogP contribution in [-0.2, 0) is 30.3 Å². The fraction of sp³-hybridized carbons (Fsp3) is 0.500. The number of hydrogen-bond donors (Lipinski definition) is 3. The van der Waals surface area contributed by atoms with Crippen LogP contribution in [0.1, 0.15) is 43.9 Å². The van der Waals surface area contributed by atoms with E-state index in [4.69, 9.17) is 20.1 Å². The highest BCUT2D eigenvalue weighted by Crippen LogP contribution is 2.34. The predicted molar refractivity (Wildman–Crippen MR) is 148 cm³/mol. The van der Waals surface area contributed by atoms with Gasteiger partial charge in [0.15, 0.2) is 0 Å². The van der Waals surface area contributed by atoms with Crippen molar-refractivity contribution in [3.05, 3.63) is 52.7 Å². The minimum atomic E-state index is -1.40. The van der Waals surface area contributed by atoms with E-state index >= 15 is 0 Å². The Hall–Kier alpha value is -3.28. The molecule has 0 atom stereocenters. The molecule has 3 N–H and O–H groups in total. The summed E-state index contributed by atoms with van der Waals surface area (Å²) >= 11 is 1.83. The average Bonchev–Trinajstić information content (AvgIpc) is 3.42. The van der Waals surface area contributed by atoms with Gasteiger partial charge in [0.25, 0.3) is 0 Å². The third-order valence-electron chi connectivity index (χ3n) is 6.69. The number of ether oxygens (including phenoxy) is 1. The number of anilines is 1. The Balaban J connectivity index is 0.000000377. The van der Waals surface area contributed by atoms with E-state index in [-0.39, 0.29) is 11.4 Å². The molecule has 0 bridgehead atoms. The number of likely N-dealkylation sites (tertiary alicyclic amines) is 1. The van der Waals surface area contributed by atoms with Gasteiger partial charge < -0.3 is 29.9 Å². The number of carbonyl (C=O) groups is 4. The Labute approximate surface area is 232 Å².